The van der Waals surface area contributed by atoms with E-state index in [2.05, 4.69) is 11.4 Å². The second kappa shape index (κ2) is 9.85. The first-order chi connectivity index (χ1) is 17.1. The van der Waals surface area contributed by atoms with Gasteiger partial charge >= 0.3 is 5.97 Å². The average Bonchev–Trinajstić information content (AvgIpc) is 3.55. The number of hydrogen-bond acceptors (Lipinski definition) is 6. The van der Waals surface area contributed by atoms with E-state index in [0.29, 0.717) is 23.3 Å². The lowest BCUT2D eigenvalue weighted by Gasteiger charge is -2.12. The molecule has 7 nitrogen and oxygen atoms in total. The van der Waals surface area contributed by atoms with Crippen molar-refractivity contribution in [1.29, 1.82) is 0 Å². The Bertz CT molecular complexity index is 1410. The van der Waals surface area contributed by atoms with Gasteiger partial charge in [-0.3, -0.25) is 4.79 Å². The van der Waals surface area contributed by atoms with Crippen molar-refractivity contribution in [3.63, 3.8) is 0 Å². The fraction of sp³-hybridized carbons (Fsp3) is 0.179. The van der Waals surface area contributed by atoms with Crippen LogP contribution in [0.25, 0.3) is 22.6 Å². The highest BCUT2D eigenvalue weighted by atomic mass is 16.5. The number of amides is 1. The van der Waals surface area contributed by atoms with Gasteiger partial charge in [0, 0.05) is 5.39 Å². The number of nitrogens with zero attached hydrogens (tertiary/aromatic N) is 1. The standard InChI is InChI=1S/C28H24N2O5/c1-33-20-11-8-18(9-12-20)15-19-10-13-23-26(22-6-2-3-7-24(22)30-27(19)23)28(32)35-17-25(31)29-16-21-5-4-14-34-21/h2-9,11-12,14-15H,10,13,16-17H2,1H3,(H,29,31)/b19-15+. The summed E-state index contributed by atoms with van der Waals surface area (Å²) in [5, 5.41) is 3.40. The van der Waals surface area contributed by atoms with Gasteiger partial charge in [0.2, 0.25) is 0 Å². The number of carbonyl (C=O) groups is 2. The third-order valence-corrected chi connectivity index (χ3v) is 5.98. The van der Waals surface area contributed by atoms with E-state index in [1.54, 1.807) is 19.2 Å². The van der Waals surface area contributed by atoms with E-state index in [1.165, 1.54) is 6.26 Å². The highest BCUT2D eigenvalue weighted by Gasteiger charge is 2.28. The van der Waals surface area contributed by atoms with Crippen molar-refractivity contribution in [2.24, 2.45) is 0 Å². The number of fused-ring (bicyclic) bond motifs is 2. The number of allylic oxidation sites excluding steroid dienone is 1. The minimum Gasteiger partial charge on any atom is -0.497 e. The topological polar surface area (TPSA) is 90.7 Å². The summed E-state index contributed by atoms with van der Waals surface area (Å²) in [5.41, 5.74) is 4.92. The Balaban J connectivity index is 1.40. The van der Waals surface area contributed by atoms with Crippen LogP contribution in [0.4, 0.5) is 0 Å². The van der Waals surface area contributed by atoms with E-state index < -0.39 is 11.9 Å². The first-order valence-corrected chi connectivity index (χ1v) is 11.3. The summed E-state index contributed by atoms with van der Waals surface area (Å²) in [4.78, 5) is 30.3. The van der Waals surface area contributed by atoms with Crippen LogP contribution in [0.15, 0.2) is 71.3 Å². The molecule has 35 heavy (non-hydrogen) atoms. The summed E-state index contributed by atoms with van der Waals surface area (Å²) < 4.78 is 15.9. The SMILES string of the molecule is COc1ccc(/C=C2\CCc3c2nc2ccccc2c3C(=O)OCC(=O)NCc2ccco2)cc1. The van der Waals surface area contributed by atoms with Crippen molar-refractivity contribution < 1.29 is 23.5 Å². The van der Waals surface area contributed by atoms with Crippen molar-refractivity contribution in [2.45, 2.75) is 19.4 Å². The van der Waals surface area contributed by atoms with Gasteiger partial charge in [0.25, 0.3) is 5.91 Å². The molecular weight excluding hydrogens is 444 g/mol. The van der Waals surface area contributed by atoms with E-state index in [1.807, 2.05) is 48.5 Å². The first kappa shape index (κ1) is 22.4. The zero-order valence-electron chi connectivity index (χ0n) is 19.2. The van der Waals surface area contributed by atoms with Gasteiger partial charge in [0.1, 0.15) is 11.5 Å². The maximum atomic E-state index is 13.2. The normalized spacial score (nSPS) is 13.6. The molecule has 0 saturated carbocycles. The van der Waals surface area contributed by atoms with Crippen molar-refractivity contribution >= 4 is 34.4 Å². The quantitative estimate of drug-likeness (QED) is 0.392. The molecule has 0 bridgehead atoms. The predicted molar refractivity (Wildman–Crippen MR) is 132 cm³/mol. The Labute approximate surface area is 202 Å². The summed E-state index contributed by atoms with van der Waals surface area (Å²) in [6, 6.07) is 18.8. The number of carbonyl (C=O) groups excluding carboxylic acids is 2. The fourth-order valence-corrected chi connectivity index (χ4v) is 4.27. The molecule has 4 aromatic rings. The van der Waals surface area contributed by atoms with E-state index >= 15 is 0 Å². The van der Waals surface area contributed by atoms with Gasteiger partial charge in [-0.1, -0.05) is 30.3 Å². The molecule has 1 aliphatic carbocycles. The van der Waals surface area contributed by atoms with Crippen LogP contribution in [-0.4, -0.2) is 30.6 Å². The second-order valence-electron chi connectivity index (χ2n) is 8.21. The molecule has 0 aliphatic heterocycles. The Morgan fingerprint density at radius 3 is 2.66 bits per heavy atom. The number of hydrogen-bond donors (Lipinski definition) is 1. The maximum absolute atomic E-state index is 13.2. The number of furan rings is 1. The van der Waals surface area contributed by atoms with Crippen LogP contribution >= 0.6 is 0 Å². The molecule has 0 fully saturated rings. The van der Waals surface area contributed by atoms with Crippen LogP contribution < -0.4 is 10.1 Å². The number of benzene rings is 2. The maximum Gasteiger partial charge on any atom is 0.339 e. The first-order valence-electron chi connectivity index (χ1n) is 11.3. The number of esters is 1. The van der Waals surface area contributed by atoms with Crippen LogP contribution in [0.2, 0.25) is 0 Å². The molecule has 2 aromatic heterocycles. The van der Waals surface area contributed by atoms with E-state index in [4.69, 9.17) is 18.9 Å². The Kier molecular flexibility index (Phi) is 6.30. The molecule has 176 valence electrons. The van der Waals surface area contributed by atoms with Crippen molar-refractivity contribution in [2.75, 3.05) is 13.7 Å². The number of methoxy groups -OCH3 is 1. The van der Waals surface area contributed by atoms with Crippen molar-refractivity contribution in [1.82, 2.24) is 10.3 Å². The van der Waals surface area contributed by atoms with E-state index in [-0.39, 0.29) is 13.2 Å². The zero-order chi connectivity index (χ0) is 24.2. The van der Waals surface area contributed by atoms with E-state index in [0.717, 1.165) is 40.0 Å². The number of para-hydroxylation sites is 1. The summed E-state index contributed by atoms with van der Waals surface area (Å²) in [7, 11) is 1.64. The van der Waals surface area contributed by atoms with Gasteiger partial charge in [-0.2, -0.15) is 0 Å². The molecule has 1 N–H and O–H groups in total. The number of aromatic nitrogens is 1. The van der Waals surface area contributed by atoms with Crippen LogP contribution in [-0.2, 0) is 22.5 Å². The van der Waals surface area contributed by atoms with Crippen LogP contribution in [0.1, 0.15) is 39.4 Å². The second-order valence-corrected chi connectivity index (χ2v) is 8.21. The summed E-state index contributed by atoms with van der Waals surface area (Å²) in [6.07, 6.45) is 5.05. The molecule has 0 atom stereocenters. The van der Waals surface area contributed by atoms with Crippen LogP contribution in [0.5, 0.6) is 5.75 Å². The molecule has 2 aromatic carbocycles. The minimum atomic E-state index is -0.529. The molecule has 0 spiro atoms. The Morgan fingerprint density at radius 1 is 1.06 bits per heavy atom. The van der Waals surface area contributed by atoms with Gasteiger partial charge in [-0.25, -0.2) is 9.78 Å². The fourth-order valence-electron chi connectivity index (χ4n) is 4.27. The van der Waals surface area contributed by atoms with Gasteiger partial charge in [-0.05, 0) is 65.9 Å². The Morgan fingerprint density at radius 2 is 1.89 bits per heavy atom. The smallest absolute Gasteiger partial charge is 0.339 e. The van der Waals surface area contributed by atoms with Crippen LogP contribution in [0.3, 0.4) is 0 Å². The number of nitrogens with one attached hydrogen (secondary N) is 1. The Hall–Kier alpha value is -4.39. The van der Waals surface area contributed by atoms with Crippen molar-refractivity contribution in [3.8, 4) is 5.75 Å². The van der Waals surface area contributed by atoms with Gasteiger partial charge in [0.15, 0.2) is 6.61 Å². The van der Waals surface area contributed by atoms with E-state index in [9.17, 15) is 9.59 Å². The monoisotopic (exact) mass is 468 g/mol. The lowest BCUT2D eigenvalue weighted by atomic mass is 10.0. The third-order valence-electron chi connectivity index (χ3n) is 5.98. The summed E-state index contributed by atoms with van der Waals surface area (Å²) in [5.74, 6) is 0.490. The largest absolute Gasteiger partial charge is 0.497 e. The molecule has 5 rings (SSSR count). The van der Waals surface area contributed by atoms with Crippen molar-refractivity contribution in [3.05, 3.63) is 95.1 Å². The number of pyridine rings is 1. The van der Waals surface area contributed by atoms with Gasteiger partial charge in [-0.15, -0.1) is 0 Å². The lowest BCUT2D eigenvalue weighted by molar-refractivity contribution is -0.124. The molecule has 7 heteroatoms. The highest BCUT2D eigenvalue weighted by Crippen LogP contribution is 2.37. The molecule has 2 heterocycles. The molecule has 0 radical (unpaired) electrons. The van der Waals surface area contributed by atoms with Crippen LogP contribution in [0, 0.1) is 0 Å². The molecule has 1 amide bonds. The molecule has 1 aliphatic rings. The summed E-state index contributed by atoms with van der Waals surface area (Å²) >= 11 is 0. The molecule has 0 unspecified atom stereocenters. The highest BCUT2D eigenvalue weighted by molar-refractivity contribution is 6.07. The van der Waals surface area contributed by atoms with Gasteiger partial charge in [0.05, 0.1) is 36.7 Å². The average molecular weight is 469 g/mol. The minimum absolute atomic E-state index is 0.233. The molecule has 0 saturated heterocycles. The zero-order valence-corrected chi connectivity index (χ0v) is 19.2. The van der Waals surface area contributed by atoms with Gasteiger partial charge < -0.3 is 19.2 Å². The number of ether oxygens (including phenoxy) is 2. The lowest BCUT2D eigenvalue weighted by Crippen LogP contribution is -2.28. The third kappa shape index (κ3) is 4.80. The summed E-state index contributed by atoms with van der Waals surface area (Å²) in [6.45, 7) is -0.143. The molecular formula is C28H24N2O5. The predicted octanol–water partition coefficient (Wildman–Crippen LogP) is 4.80. The number of rotatable bonds is 7.